The van der Waals surface area contributed by atoms with E-state index in [0.29, 0.717) is 31.1 Å². The van der Waals surface area contributed by atoms with Crippen molar-refractivity contribution in [2.45, 2.75) is 25.4 Å². The first-order chi connectivity index (χ1) is 15.4. The van der Waals surface area contributed by atoms with Crippen molar-refractivity contribution in [3.8, 4) is 0 Å². The number of hydrogen-bond acceptors (Lipinski definition) is 7. The van der Waals surface area contributed by atoms with Gasteiger partial charge in [0.1, 0.15) is 5.69 Å². The molecule has 0 spiro atoms. The molecule has 2 amide bonds. The number of hydrogen-bond donors (Lipinski definition) is 3. The van der Waals surface area contributed by atoms with Crippen LogP contribution in [0.3, 0.4) is 0 Å². The van der Waals surface area contributed by atoms with Gasteiger partial charge in [0.05, 0.1) is 17.6 Å². The van der Waals surface area contributed by atoms with Crippen LogP contribution in [0.5, 0.6) is 0 Å². The fraction of sp³-hybridized carbons (Fsp3) is 0.364. The van der Waals surface area contributed by atoms with Crippen molar-refractivity contribution < 1.29 is 19.2 Å². The molecule has 1 aliphatic rings. The Morgan fingerprint density at radius 3 is 2.81 bits per heavy atom. The summed E-state index contributed by atoms with van der Waals surface area (Å²) in [6.07, 6.45) is 1.67. The standard InChI is InChI=1S/C22H27N5O5/c1-32-11-9-24-18-8-7-16(13-20(18)27(30)31)22(29)25-17-5-2-4-15(12-17)14-26-10-3-6-19(26)21(23)28/h2,4-5,7-8,12-13,19,24H,3,6,9-11,14H2,1H3,(H2,23,28)(H,25,29). The molecule has 4 N–H and O–H groups in total. The number of methoxy groups -OCH3 is 1. The van der Waals surface area contributed by atoms with E-state index >= 15 is 0 Å². The summed E-state index contributed by atoms with van der Waals surface area (Å²) < 4.78 is 4.94. The second kappa shape index (κ2) is 10.7. The van der Waals surface area contributed by atoms with E-state index in [1.807, 2.05) is 23.1 Å². The number of benzene rings is 2. The first kappa shape index (κ1) is 23.2. The van der Waals surface area contributed by atoms with Crippen molar-refractivity contribution in [2.24, 2.45) is 5.73 Å². The zero-order valence-electron chi connectivity index (χ0n) is 17.9. The first-order valence-electron chi connectivity index (χ1n) is 10.3. The molecule has 0 radical (unpaired) electrons. The third kappa shape index (κ3) is 5.80. The van der Waals surface area contributed by atoms with Crippen LogP contribution in [0.1, 0.15) is 28.8 Å². The number of nitrogens with zero attached hydrogens (tertiary/aromatic N) is 2. The molecule has 1 unspecified atom stereocenters. The van der Waals surface area contributed by atoms with Crippen LogP contribution in [-0.4, -0.2) is 54.5 Å². The molecule has 0 aromatic heterocycles. The van der Waals surface area contributed by atoms with Crippen LogP contribution in [0.2, 0.25) is 0 Å². The lowest BCUT2D eigenvalue weighted by Crippen LogP contribution is -2.39. The van der Waals surface area contributed by atoms with Crippen LogP contribution >= 0.6 is 0 Å². The molecule has 1 heterocycles. The molecule has 2 aromatic carbocycles. The molecule has 0 bridgehead atoms. The monoisotopic (exact) mass is 441 g/mol. The lowest BCUT2D eigenvalue weighted by molar-refractivity contribution is -0.384. The molecule has 0 aliphatic carbocycles. The maximum Gasteiger partial charge on any atom is 0.293 e. The van der Waals surface area contributed by atoms with Crippen molar-refractivity contribution in [1.82, 2.24) is 4.90 Å². The first-order valence-corrected chi connectivity index (χ1v) is 10.3. The van der Waals surface area contributed by atoms with Crippen LogP contribution in [0.25, 0.3) is 0 Å². The topological polar surface area (TPSA) is 140 Å². The van der Waals surface area contributed by atoms with Crippen LogP contribution in [-0.2, 0) is 16.1 Å². The summed E-state index contributed by atoms with van der Waals surface area (Å²) in [5.41, 5.74) is 7.28. The normalized spacial score (nSPS) is 16.0. The lowest BCUT2D eigenvalue weighted by Gasteiger charge is -2.22. The number of nitro groups is 1. The van der Waals surface area contributed by atoms with E-state index in [0.717, 1.165) is 24.9 Å². The highest BCUT2D eigenvalue weighted by Gasteiger charge is 2.28. The third-order valence-electron chi connectivity index (χ3n) is 5.34. The molecule has 32 heavy (non-hydrogen) atoms. The number of nitro benzene ring substituents is 1. The molecule has 1 saturated heterocycles. The van der Waals surface area contributed by atoms with Crippen molar-refractivity contribution in [2.75, 3.05) is 37.4 Å². The molecular formula is C22H27N5O5. The summed E-state index contributed by atoms with van der Waals surface area (Å²) >= 11 is 0. The van der Waals surface area contributed by atoms with Crippen molar-refractivity contribution in [1.29, 1.82) is 0 Å². The molecule has 170 valence electrons. The molecule has 3 rings (SSSR count). The summed E-state index contributed by atoms with van der Waals surface area (Å²) in [6.45, 7) is 2.14. The van der Waals surface area contributed by atoms with Crippen molar-refractivity contribution >= 4 is 28.9 Å². The predicted molar refractivity (Wildman–Crippen MR) is 120 cm³/mol. The Balaban J connectivity index is 1.70. The van der Waals surface area contributed by atoms with E-state index in [1.165, 1.54) is 18.2 Å². The number of rotatable bonds is 10. The second-order valence-corrected chi connectivity index (χ2v) is 7.59. The Bertz CT molecular complexity index is 996. The Labute approximate surface area is 185 Å². The quantitative estimate of drug-likeness (QED) is 0.292. The molecule has 0 saturated carbocycles. The van der Waals surface area contributed by atoms with Crippen LogP contribution in [0.15, 0.2) is 42.5 Å². The van der Waals surface area contributed by atoms with Crippen molar-refractivity contribution in [3.05, 3.63) is 63.7 Å². The molecule has 1 fully saturated rings. The summed E-state index contributed by atoms with van der Waals surface area (Å²) in [6, 6.07) is 11.3. The number of carbonyl (C=O) groups is 2. The van der Waals surface area contributed by atoms with E-state index < -0.39 is 10.8 Å². The van der Waals surface area contributed by atoms with Crippen LogP contribution < -0.4 is 16.4 Å². The average molecular weight is 441 g/mol. The molecule has 1 atom stereocenters. The Morgan fingerprint density at radius 2 is 2.09 bits per heavy atom. The number of likely N-dealkylation sites (tertiary alicyclic amines) is 1. The predicted octanol–water partition coefficient (Wildman–Crippen LogP) is 2.36. The molecular weight excluding hydrogens is 414 g/mol. The Hall–Kier alpha value is -3.50. The van der Waals surface area contributed by atoms with Gasteiger partial charge in [-0.05, 0) is 49.2 Å². The number of amides is 2. The summed E-state index contributed by atoms with van der Waals surface area (Å²) in [5, 5.41) is 17.1. The molecule has 2 aromatic rings. The molecule has 10 nitrogen and oxygen atoms in total. The molecule has 10 heteroatoms. The van der Waals surface area contributed by atoms with E-state index in [9.17, 15) is 19.7 Å². The summed E-state index contributed by atoms with van der Waals surface area (Å²) in [5.74, 6) is -0.779. The van der Waals surface area contributed by atoms with Gasteiger partial charge in [-0.2, -0.15) is 0 Å². The van der Waals surface area contributed by atoms with Crippen LogP contribution in [0.4, 0.5) is 17.1 Å². The number of nitrogens with two attached hydrogens (primary N) is 1. The van der Waals surface area contributed by atoms with Gasteiger partial charge >= 0.3 is 0 Å². The highest BCUT2D eigenvalue weighted by atomic mass is 16.6. The highest BCUT2D eigenvalue weighted by Crippen LogP contribution is 2.26. The summed E-state index contributed by atoms with van der Waals surface area (Å²) in [7, 11) is 1.54. The Morgan fingerprint density at radius 1 is 1.28 bits per heavy atom. The van der Waals surface area contributed by atoms with E-state index in [-0.39, 0.29) is 23.2 Å². The van der Waals surface area contributed by atoms with Gasteiger partial charge in [-0.25, -0.2) is 0 Å². The number of primary amides is 1. The van der Waals surface area contributed by atoms with Crippen LogP contribution in [0, 0.1) is 10.1 Å². The SMILES string of the molecule is COCCNc1ccc(C(=O)Nc2cccc(CN3CCCC3C(N)=O)c2)cc1[N+](=O)[O-]. The number of nitrogens with one attached hydrogen (secondary N) is 2. The maximum atomic E-state index is 12.7. The van der Waals surface area contributed by atoms with Gasteiger partial charge in [0.15, 0.2) is 0 Å². The van der Waals surface area contributed by atoms with Gasteiger partial charge in [-0.1, -0.05) is 12.1 Å². The lowest BCUT2D eigenvalue weighted by atomic mass is 10.1. The fourth-order valence-corrected chi connectivity index (χ4v) is 3.78. The minimum Gasteiger partial charge on any atom is -0.383 e. The number of ether oxygens (including phenoxy) is 1. The van der Waals surface area contributed by atoms with E-state index in [1.54, 1.807) is 13.2 Å². The van der Waals surface area contributed by atoms with Gasteiger partial charge in [0.25, 0.3) is 11.6 Å². The van der Waals surface area contributed by atoms with Crippen molar-refractivity contribution in [3.63, 3.8) is 0 Å². The fourth-order valence-electron chi connectivity index (χ4n) is 3.78. The number of carbonyl (C=O) groups excluding carboxylic acids is 2. The highest BCUT2D eigenvalue weighted by molar-refractivity contribution is 6.05. The smallest absolute Gasteiger partial charge is 0.293 e. The maximum absolute atomic E-state index is 12.7. The zero-order chi connectivity index (χ0) is 23.1. The van der Waals surface area contributed by atoms with Gasteiger partial charge in [0, 0.05) is 37.5 Å². The third-order valence-corrected chi connectivity index (χ3v) is 5.34. The largest absolute Gasteiger partial charge is 0.383 e. The zero-order valence-corrected chi connectivity index (χ0v) is 17.9. The van der Waals surface area contributed by atoms with Gasteiger partial charge in [-0.15, -0.1) is 0 Å². The average Bonchev–Trinajstić information content (AvgIpc) is 3.22. The van der Waals surface area contributed by atoms with E-state index in [4.69, 9.17) is 10.5 Å². The van der Waals surface area contributed by atoms with Gasteiger partial charge in [0.2, 0.25) is 5.91 Å². The minimum atomic E-state index is -0.530. The number of anilines is 2. The molecule has 1 aliphatic heterocycles. The van der Waals surface area contributed by atoms with Gasteiger partial charge < -0.3 is 21.1 Å². The van der Waals surface area contributed by atoms with E-state index in [2.05, 4.69) is 10.6 Å². The minimum absolute atomic E-state index is 0.174. The second-order valence-electron chi connectivity index (χ2n) is 7.59. The Kier molecular flexibility index (Phi) is 7.74. The summed E-state index contributed by atoms with van der Waals surface area (Å²) in [4.78, 5) is 37.3. The van der Waals surface area contributed by atoms with Gasteiger partial charge in [-0.3, -0.25) is 24.6 Å².